The molecule has 0 aliphatic rings. The van der Waals surface area contributed by atoms with Crippen LogP contribution >= 0.6 is 11.8 Å². The van der Waals surface area contributed by atoms with Gasteiger partial charge in [0.2, 0.25) is 0 Å². The lowest BCUT2D eigenvalue weighted by Gasteiger charge is -2.13. The van der Waals surface area contributed by atoms with Gasteiger partial charge in [0.1, 0.15) is 22.3 Å². The van der Waals surface area contributed by atoms with E-state index in [0.29, 0.717) is 22.2 Å². The zero-order chi connectivity index (χ0) is 24.2. The summed E-state index contributed by atoms with van der Waals surface area (Å²) >= 11 is 1.19. The van der Waals surface area contributed by atoms with E-state index in [1.165, 1.54) is 29.6 Å². The van der Waals surface area contributed by atoms with Crippen molar-refractivity contribution in [1.82, 2.24) is 15.0 Å². The summed E-state index contributed by atoms with van der Waals surface area (Å²) in [4.78, 5) is 25.3. The normalized spacial score (nSPS) is 12.0. The lowest BCUT2D eigenvalue weighted by atomic mass is 10.0. The Bertz CT molecular complexity index is 1410. The number of aryl methyl sites for hydroxylation is 2. The van der Waals surface area contributed by atoms with Crippen LogP contribution in [0, 0.1) is 12.7 Å². The highest BCUT2D eigenvalue weighted by Gasteiger charge is 2.20. The summed E-state index contributed by atoms with van der Waals surface area (Å²) in [6.07, 6.45) is 0.182. The Kier molecular flexibility index (Phi) is 6.93. The quantitative estimate of drug-likeness (QED) is 0.371. The third-order valence-electron chi connectivity index (χ3n) is 5.45. The molecule has 1 unspecified atom stereocenters. The van der Waals surface area contributed by atoms with Crippen LogP contribution in [0.3, 0.4) is 0 Å². The number of aromatic nitrogens is 3. The highest BCUT2D eigenvalue weighted by atomic mass is 32.2. The minimum absolute atomic E-state index is 0.110. The zero-order valence-electron chi connectivity index (χ0n) is 18.6. The number of benzene rings is 3. The molecule has 0 radical (unpaired) electrons. The molecule has 9 heteroatoms. The molecule has 0 spiro atoms. The van der Waals surface area contributed by atoms with Crippen LogP contribution in [0.25, 0.3) is 22.0 Å². The van der Waals surface area contributed by atoms with Crippen LogP contribution in [0.4, 0.5) is 4.39 Å². The number of halogens is 1. The van der Waals surface area contributed by atoms with Crippen molar-refractivity contribution < 1.29 is 19.0 Å². The van der Waals surface area contributed by atoms with E-state index in [9.17, 15) is 19.1 Å². The zero-order valence-corrected chi connectivity index (χ0v) is 19.4. The predicted octanol–water partition coefficient (Wildman–Crippen LogP) is 4.55. The second-order valence-corrected chi connectivity index (χ2v) is 9.00. The van der Waals surface area contributed by atoms with E-state index >= 15 is 0 Å². The molecular formula is C25H22FN3O4S. The molecule has 1 heterocycles. The fourth-order valence-corrected chi connectivity index (χ4v) is 4.41. The van der Waals surface area contributed by atoms with Gasteiger partial charge >= 0.3 is 5.97 Å². The number of ether oxygens (including phenoxy) is 1. The summed E-state index contributed by atoms with van der Waals surface area (Å²) in [5.41, 5.74) is 2.25. The number of carboxylic acid groups (broad SMARTS) is 1. The minimum atomic E-state index is -0.985. The third kappa shape index (κ3) is 5.09. The van der Waals surface area contributed by atoms with E-state index in [2.05, 4.69) is 10.3 Å². The van der Waals surface area contributed by atoms with Crippen molar-refractivity contribution in [1.29, 1.82) is 0 Å². The molecule has 0 amide bonds. The Hall–Kier alpha value is -3.72. The number of carbonyl (C=O) groups is 1. The molecule has 0 saturated carbocycles. The molecule has 4 rings (SSSR count). The van der Waals surface area contributed by atoms with Gasteiger partial charge in [-0.05, 0) is 60.4 Å². The molecule has 3 aromatic carbocycles. The number of carboxylic acids is 1. The SMILES string of the molecule is COc1ccc2c(=O)n(CCC(Sc3ccc(-c4ccc(C)c(F)c4)cc3)C(=O)O)nnc2c1. The van der Waals surface area contributed by atoms with Crippen molar-refractivity contribution in [2.75, 3.05) is 7.11 Å². The van der Waals surface area contributed by atoms with E-state index < -0.39 is 11.2 Å². The van der Waals surface area contributed by atoms with E-state index in [0.717, 1.165) is 16.0 Å². The van der Waals surface area contributed by atoms with Crippen molar-refractivity contribution in [2.24, 2.45) is 0 Å². The second kappa shape index (κ2) is 10.0. The van der Waals surface area contributed by atoms with Crippen molar-refractivity contribution in [3.63, 3.8) is 0 Å². The van der Waals surface area contributed by atoms with E-state index in [1.807, 2.05) is 30.3 Å². The van der Waals surface area contributed by atoms with Gasteiger partial charge in [-0.1, -0.05) is 29.5 Å². The molecule has 0 aliphatic carbocycles. The first-order valence-corrected chi connectivity index (χ1v) is 11.4. The van der Waals surface area contributed by atoms with Gasteiger partial charge in [-0.15, -0.1) is 16.9 Å². The van der Waals surface area contributed by atoms with Crippen LogP contribution in [-0.2, 0) is 11.3 Å². The molecule has 0 fully saturated rings. The molecule has 0 aliphatic heterocycles. The van der Waals surface area contributed by atoms with E-state index in [4.69, 9.17) is 4.74 Å². The molecule has 1 atom stereocenters. The first kappa shape index (κ1) is 23.4. The molecule has 7 nitrogen and oxygen atoms in total. The molecule has 174 valence electrons. The highest BCUT2D eigenvalue weighted by molar-refractivity contribution is 8.00. The summed E-state index contributed by atoms with van der Waals surface area (Å²) in [5, 5.41) is 17.3. The summed E-state index contributed by atoms with van der Waals surface area (Å²) in [6.45, 7) is 1.82. The average molecular weight is 480 g/mol. The van der Waals surface area contributed by atoms with Crippen LogP contribution < -0.4 is 10.3 Å². The molecule has 4 aromatic rings. The summed E-state index contributed by atoms with van der Waals surface area (Å²) in [6, 6.07) is 17.2. The van der Waals surface area contributed by atoms with Crippen LogP contribution in [0.15, 0.2) is 70.4 Å². The van der Waals surface area contributed by atoms with Gasteiger partial charge in [-0.25, -0.2) is 9.07 Å². The summed E-state index contributed by atoms with van der Waals surface area (Å²) in [7, 11) is 1.52. The van der Waals surface area contributed by atoms with Gasteiger partial charge in [-0.2, -0.15) is 0 Å². The van der Waals surface area contributed by atoms with Crippen molar-refractivity contribution >= 4 is 28.6 Å². The lowest BCUT2D eigenvalue weighted by Crippen LogP contribution is -2.27. The maximum Gasteiger partial charge on any atom is 0.317 e. The van der Waals surface area contributed by atoms with Crippen LogP contribution in [0.2, 0.25) is 0 Å². The van der Waals surface area contributed by atoms with Gasteiger partial charge < -0.3 is 9.84 Å². The Labute approximate surface area is 199 Å². The Morgan fingerprint density at radius 2 is 1.85 bits per heavy atom. The van der Waals surface area contributed by atoms with Gasteiger partial charge in [0.05, 0.1) is 12.5 Å². The van der Waals surface area contributed by atoms with Crippen molar-refractivity contribution in [3.8, 4) is 16.9 Å². The van der Waals surface area contributed by atoms with Gasteiger partial charge in [0, 0.05) is 17.5 Å². The number of hydrogen-bond acceptors (Lipinski definition) is 6. The molecule has 34 heavy (non-hydrogen) atoms. The number of aliphatic carboxylic acids is 1. The number of methoxy groups -OCH3 is 1. The summed E-state index contributed by atoms with van der Waals surface area (Å²) < 4.78 is 20.2. The maximum absolute atomic E-state index is 13.9. The van der Waals surface area contributed by atoms with Gasteiger partial charge in [-0.3, -0.25) is 9.59 Å². The third-order valence-corrected chi connectivity index (χ3v) is 6.71. The standard InChI is InChI=1S/C25H22FN3O4S/c1-15-3-4-17(13-21(15)26)16-5-8-19(9-6-16)34-23(25(31)32)11-12-29-24(30)20-10-7-18(33-2)14-22(20)27-28-29/h3-10,13-14,23H,11-12H2,1-2H3,(H,31,32). The molecule has 0 saturated heterocycles. The van der Waals surface area contributed by atoms with Crippen LogP contribution in [0.5, 0.6) is 5.75 Å². The smallest absolute Gasteiger partial charge is 0.317 e. The number of hydrogen-bond donors (Lipinski definition) is 1. The van der Waals surface area contributed by atoms with Crippen LogP contribution in [0.1, 0.15) is 12.0 Å². The Morgan fingerprint density at radius 1 is 1.12 bits per heavy atom. The Balaban J connectivity index is 1.47. The van der Waals surface area contributed by atoms with E-state index in [1.54, 1.807) is 31.2 Å². The number of fused-ring (bicyclic) bond motifs is 1. The van der Waals surface area contributed by atoms with Crippen LogP contribution in [-0.4, -0.2) is 38.4 Å². The first-order valence-electron chi connectivity index (χ1n) is 10.5. The average Bonchev–Trinajstić information content (AvgIpc) is 2.84. The Morgan fingerprint density at radius 3 is 2.53 bits per heavy atom. The molecule has 1 N–H and O–H groups in total. The fraction of sp³-hybridized carbons (Fsp3) is 0.200. The number of nitrogens with zero attached hydrogens (tertiary/aromatic N) is 3. The maximum atomic E-state index is 13.9. The molecule has 1 aromatic heterocycles. The van der Waals surface area contributed by atoms with Gasteiger partial charge in [0.25, 0.3) is 5.56 Å². The van der Waals surface area contributed by atoms with Crippen molar-refractivity contribution in [3.05, 3.63) is 82.4 Å². The predicted molar refractivity (Wildman–Crippen MR) is 129 cm³/mol. The monoisotopic (exact) mass is 479 g/mol. The highest BCUT2D eigenvalue weighted by Crippen LogP contribution is 2.29. The van der Waals surface area contributed by atoms with Crippen molar-refractivity contribution in [2.45, 2.75) is 30.0 Å². The largest absolute Gasteiger partial charge is 0.497 e. The first-order chi connectivity index (χ1) is 16.4. The topological polar surface area (TPSA) is 94.3 Å². The summed E-state index contributed by atoms with van der Waals surface area (Å²) in [5.74, 6) is -0.686. The second-order valence-electron chi connectivity index (χ2n) is 7.72. The molecule has 0 bridgehead atoms. The van der Waals surface area contributed by atoms with Gasteiger partial charge in [0.15, 0.2) is 0 Å². The van der Waals surface area contributed by atoms with E-state index in [-0.39, 0.29) is 24.3 Å². The lowest BCUT2D eigenvalue weighted by molar-refractivity contribution is -0.136. The minimum Gasteiger partial charge on any atom is -0.497 e. The molecular weight excluding hydrogens is 457 g/mol. The number of rotatable bonds is 8. The number of thioether (sulfide) groups is 1. The fourth-order valence-electron chi connectivity index (χ4n) is 3.47.